The van der Waals surface area contributed by atoms with Crippen LogP contribution in [0.3, 0.4) is 0 Å². The number of unbranched alkanes of at least 4 members (excludes halogenated alkanes) is 1. The van der Waals surface area contributed by atoms with Crippen molar-refractivity contribution in [2.75, 3.05) is 11.9 Å². The van der Waals surface area contributed by atoms with Gasteiger partial charge in [-0.05, 0) is 43.6 Å². The lowest BCUT2D eigenvalue weighted by Crippen LogP contribution is -2.32. The Kier molecular flexibility index (Phi) is 8.48. The van der Waals surface area contributed by atoms with Gasteiger partial charge in [-0.25, -0.2) is 4.68 Å². The minimum Gasteiger partial charge on any atom is -0.354 e. The van der Waals surface area contributed by atoms with E-state index in [0.29, 0.717) is 6.54 Å². The average Bonchev–Trinajstić information content (AvgIpc) is 3.41. The first-order valence-electron chi connectivity index (χ1n) is 12.4. The summed E-state index contributed by atoms with van der Waals surface area (Å²) in [7, 11) is 0. The monoisotopic (exact) mass is 468 g/mol. The number of fused-ring (bicyclic) bond motifs is 1. The van der Waals surface area contributed by atoms with Gasteiger partial charge in [0.1, 0.15) is 12.4 Å². The number of aromatic nitrogens is 2. The molecular formula is C26H36N4O2S. The molecule has 2 amide bonds. The SMILES string of the molecule is CCCCC1CCC(C(=O)Nc2c3c(nn2CC(=O)NCCc2ccccc2)CSC3)CC1. The van der Waals surface area contributed by atoms with Crippen LogP contribution in [0, 0.1) is 11.8 Å². The molecule has 2 heterocycles. The van der Waals surface area contributed by atoms with Gasteiger partial charge in [-0.15, -0.1) is 0 Å². The smallest absolute Gasteiger partial charge is 0.241 e. The Morgan fingerprint density at radius 1 is 1.12 bits per heavy atom. The summed E-state index contributed by atoms with van der Waals surface area (Å²) in [6.45, 7) is 2.96. The van der Waals surface area contributed by atoms with Crippen LogP contribution in [-0.2, 0) is 34.1 Å². The first-order valence-corrected chi connectivity index (χ1v) is 13.6. The minimum atomic E-state index is -0.0771. The Morgan fingerprint density at radius 2 is 1.91 bits per heavy atom. The number of nitrogens with one attached hydrogen (secondary N) is 2. The van der Waals surface area contributed by atoms with Crippen molar-refractivity contribution >= 4 is 29.4 Å². The van der Waals surface area contributed by atoms with E-state index in [4.69, 9.17) is 0 Å². The van der Waals surface area contributed by atoms with Crippen molar-refractivity contribution in [2.24, 2.45) is 11.8 Å². The fourth-order valence-corrected chi connectivity index (χ4v) is 5.96. The van der Waals surface area contributed by atoms with E-state index in [1.54, 1.807) is 16.4 Å². The Hall–Kier alpha value is -2.28. The first kappa shape index (κ1) is 23.9. The topological polar surface area (TPSA) is 76.0 Å². The second kappa shape index (κ2) is 11.7. The van der Waals surface area contributed by atoms with E-state index in [9.17, 15) is 9.59 Å². The Bertz CT molecular complexity index is 935. The Balaban J connectivity index is 1.32. The lowest BCUT2D eigenvalue weighted by atomic mass is 9.79. The molecule has 6 nitrogen and oxygen atoms in total. The Morgan fingerprint density at radius 3 is 2.67 bits per heavy atom. The van der Waals surface area contributed by atoms with Crippen LogP contribution in [0.4, 0.5) is 5.82 Å². The zero-order valence-electron chi connectivity index (χ0n) is 19.6. The lowest BCUT2D eigenvalue weighted by Gasteiger charge is -2.27. The summed E-state index contributed by atoms with van der Waals surface area (Å²) >= 11 is 1.81. The molecule has 0 spiro atoms. The third-order valence-electron chi connectivity index (χ3n) is 6.92. The highest BCUT2D eigenvalue weighted by Gasteiger charge is 2.29. The molecule has 0 bridgehead atoms. The predicted octanol–water partition coefficient (Wildman–Crippen LogP) is 4.92. The number of carbonyl (C=O) groups excluding carboxylic acids is 2. The molecule has 2 N–H and O–H groups in total. The van der Waals surface area contributed by atoms with Gasteiger partial charge in [0.25, 0.3) is 0 Å². The van der Waals surface area contributed by atoms with E-state index in [-0.39, 0.29) is 24.3 Å². The van der Waals surface area contributed by atoms with Crippen molar-refractivity contribution < 1.29 is 9.59 Å². The standard InChI is InChI=1S/C26H36N4O2S/c1-2-3-7-20-10-12-21(13-11-20)26(32)28-25-22-17-33-18-23(22)29-30(25)16-24(31)27-15-14-19-8-5-4-6-9-19/h4-6,8-9,20-21H,2-3,7,10-18H2,1H3,(H,27,31)(H,28,32). The van der Waals surface area contributed by atoms with Crippen molar-refractivity contribution in [1.29, 1.82) is 0 Å². The molecule has 1 aromatic carbocycles. The van der Waals surface area contributed by atoms with Gasteiger partial charge in [0.15, 0.2) is 0 Å². The van der Waals surface area contributed by atoms with Gasteiger partial charge in [-0.2, -0.15) is 16.9 Å². The third-order valence-corrected chi connectivity index (χ3v) is 7.89. The summed E-state index contributed by atoms with van der Waals surface area (Å²) in [5, 5.41) is 10.8. The van der Waals surface area contributed by atoms with Crippen LogP contribution in [0.2, 0.25) is 0 Å². The molecule has 33 heavy (non-hydrogen) atoms. The van der Waals surface area contributed by atoms with Crippen molar-refractivity contribution in [3.8, 4) is 0 Å². The normalized spacial score (nSPS) is 19.8. The van der Waals surface area contributed by atoms with E-state index >= 15 is 0 Å². The van der Waals surface area contributed by atoms with Gasteiger partial charge < -0.3 is 10.6 Å². The molecule has 2 aromatic rings. The van der Waals surface area contributed by atoms with Crippen molar-refractivity contribution in [1.82, 2.24) is 15.1 Å². The minimum absolute atomic E-state index is 0.0654. The summed E-state index contributed by atoms with van der Waals surface area (Å²) in [5.74, 6) is 3.26. The van der Waals surface area contributed by atoms with Gasteiger partial charge in [-0.3, -0.25) is 9.59 Å². The molecule has 0 atom stereocenters. The van der Waals surface area contributed by atoms with Crippen LogP contribution in [-0.4, -0.2) is 28.1 Å². The van der Waals surface area contributed by atoms with Gasteiger partial charge in [-0.1, -0.05) is 56.5 Å². The maximum Gasteiger partial charge on any atom is 0.241 e. The number of amides is 2. The predicted molar refractivity (Wildman–Crippen MR) is 134 cm³/mol. The lowest BCUT2D eigenvalue weighted by molar-refractivity contribution is -0.122. The quantitative estimate of drug-likeness (QED) is 0.519. The fourth-order valence-electron chi connectivity index (χ4n) is 4.93. The highest BCUT2D eigenvalue weighted by molar-refractivity contribution is 7.98. The van der Waals surface area contributed by atoms with E-state index in [1.807, 2.05) is 18.2 Å². The molecule has 1 aromatic heterocycles. The highest BCUT2D eigenvalue weighted by Crippen LogP contribution is 2.36. The molecule has 7 heteroatoms. The molecule has 1 aliphatic heterocycles. The molecule has 0 unspecified atom stereocenters. The average molecular weight is 469 g/mol. The zero-order valence-corrected chi connectivity index (χ0v) is 20.5. The second-order valence-electron chi connectivity index (χ2n) is 9.36. The van der Waals surface area contributed by atoms with E-state index in [0.717, 1.165) is 66.6 Å². The van der Waals surface area contributed by atoms with Crippen LogP contribution >= 0.6 is 11.8 Å². The second-order valence-corrected chi connectivity index (χ2v) is 10.3. The van der Waals surface area contributed by atoms with Gasteiger partial charge in [0.2, 0.25) is 11.8 Å². The molecule has 0 saturated heterocycles. The molecule has 178 valence electrons. The maximum atomic E-state index is 13.1. The van der Waals surface area contributed by atoms with Crippen molar-refractivity contribution in [2.45, 2.75) is 76.3 Å². The van der Waals surface area contributed by atoms with Crippen LogP contribution < -0.4 is 10.6 Å². The number of rotatable bonds is 10. The molecular weight excluding hydrogens is 432 g/mol. The van der Waals surface area contributed by atoms with E-state index in [2.05, 4.69) is 34.8 Å². The van der Waals surface area contributed by atoms with Crippen LogP contribution in [0.5, 0.6) is 0 Å². The van der Waals surface area contributed by atoms with Crippen molar-refractivity contribution in [3.05, 3.63) is 47.2 Å². The van der Waals surface area contributed by atoms with Crippen LogP contribution in [0.1, 0.15) is 68.7 Å². The summed E-state index contributed by atoms with van der Waals surface area (Å²) in [5.41, 5.74) is 3.28. The number of hydrogen-bond donors (Lipinski definition) is 2. The fraction of sp³-hybridized carbons (Fsp3) is 0.577. The van der Waals surface area contributed by atoms with Gasteiger partial charge in [0.05, 0.1) is 5.69 Å². The molecule has 1 aliphatic carbocycles. The largest absolute Gasteiger partial charge is 0.354 e. The summed E-state index contributed by atoms with van der Waals surface area (Å²) in [6, 6.07) is 10.1. The van der Waals surface area contributed by atoms with E-state index in [1.165, 1.54) is 24.8 Å². The Labute approximate surface area is 201 Å². The van der Waals surface area contributed by atoms with Gasteiger partial charge >= 0.3 is 0 Å². The molecule has 4 rings (SSSR count). The summed E-state index contributed by atoms with van der Waals surface area (Å²) < 4.78 is 1.70. The summed E-state index contributed by atoms with van der Waals surface area (Å²) in [4.78, 5) is 25.7. The number of nitrogens with zero attached hydrogens (tertiary/aromatic N) is 2. The molecule has 0 radical (unpaired) electrons. The zero-order chi connectivity index (χ0) is 23.0. The van der Waals surface area contributed by atoms with Crippen LogP contribution in [0.15, 0.2) is 30.3 Å². The number of benzene rings is 1. The molecule has 1 fully saturated rings. The summed E-state index contributed by atoms with van der Waals surface area (Å²) in [6.07, 6.45) is 8.84. The third kappa shape index (κ3) is 6.40. The molecule has 2 aliphatic rings. The van der Waals surface area contributed by atoms with Crippen molar-refractivity contribution in [3.63, 3.8) is 0 Å². The maximum absolute atomic E-state index is 13.1. The highest BCUT2D eigenvalue weighted by atomic mass is 32.2. The number of hydrogen-bond acceptors (Lipinski definition) is 4. The van der Waals surface area contributed by atoms with Gasteiger partial charge in [0, 0.05) is 29.5 Å². The van der Waals surface area contributed by atoms with E-state index < -0.39 is 0 Å². The van der Waals surface area contributed by atoms with Crippen LogP contribution in [0.25, 0.3) is 0 Å². The number of thioether (sulfide) groups is 1. The molecule has 1 saturated carbocycles. The number of anilines is 1. The number of carbonyl (C=O) groups is 2. The first-order chi connectivity index (χ1) is 16.1.